The van der Waals surface area contributed by atoms with Crippen LogP contribution >= 0.6 is 0 Å². The fraction of sp³-hybridized carbons (Fsp3) is 0.500. The first-order valence-electron chi connectivity index (χ1n) is 6.55. The van der Waals surface area contributed by atoms with E-state index in [0.717, 1.165) is 31.9 Å². The topological polar surface area (TPSA) is 32.3 Å². The Balaban J connectivity index is 1.92. The van der Waals surface area contributed by atoms with E-state index in [1.807, 2.05) is 11.8 Å². The van der Waals surface area contributed by atoms with Crippen molar-refractivity contribution in [2.45, 2.75) is 32.2 Å². The van der Waals surface area contributed by atoms with E-state index >= 15 is 0 Å². The Labute approximate surface area is 111 Å². The van der Waals surface area contributed by atoms with Gasteiger partial charge in [-0.25, -0.2) is 8.78 Å². The number of carbonyl (C=O) groups is 1. The van der Waals surface area contributed by atoms with Crippen molar-refractivity contribution in [2.75, 3.05) is 18.4 Å². The van der Waals surface area contributed by atoms with Crippen molar-refractivity contribution in [3.05, 3.63) is 29.8 Å². The minimum Gasteiger partial charge on any atom is -0.376 e. The second-order valence-electron chi connectivity index (χ2n) is 4.94. The number of nitrogens with zero attached hydrogens (tertiary/aromatic N) is 1. The lowest BCUT2D eigenvalue weighted by Gasteiger charge is -2.33. The smallest absolute Gasteiger partial charge is 0.242 e. The van der Waals surface area contributed by atoms with Crippen molar-refractivity contribution in [3.63, 3.8) is 0 Å². The lowest BCUT2D eigenvalue weighted by atomic mass is 10.0. The third-order valence-electron chi connectivity index (χ3n) is 3.43. The summed E-state index contributed by atoms with van der Waals surface area (Å²) < 4.78 is 26.0. The molecule has 19 heavy (non-hydrogen) atoms. The van der Waals surface area contributed by atoms with Crippen LogP contribution in [0.15, 0.2) is 18.2 Å². The number of likely N-dealkylation sites (tertiary alicyclic amines) is 1. The van der Waals surface area contributed by atoms with Gasteiger partial charge < -0.3 is 10.2 Å². The number of hydrogen-bond acceptors (Lipinski definition) is 2. The molecule has 5 heteroatoms. The van der Waals surface area contributed by atoms with Gasteiger partial charge in [0, 0.05) is 24.3 Å². The molecule has 1 saturated heterocycles. The first kappa shape index (κ1) is 13.8. The average molecular weight is 268 g/mol. The first-order chi connectivity index (χ1) is 9.06. The van der Waals surface area contributed by atoms with Gasteiger partial charge in [0.1, 0.15) is 11.6 Å². The van der Waals surface area contributed by atoms with Crippen LogP contribution in [0, 0.1) is 11.6 Å². The number of benzene rings is 1. The van der Waals surface area contributed by atoms with Gasteiger partial charge in [0.15, 0.2) is 0 Å². The summed E-state index contributed by atoms with van der Waals surface area (Å²) in [5.41, 5.74) is 0.288. The molecule has 1 unspecified atom stereocenters. The third kappa shape index (κ3) is 3.66. The molecule has 0 bridgehead atoms. The Morgan fingerprint density at radius 3 is 2.63 bits per heavy atom. The van der Waals surface area contributed by atoms with Gasteiger partial charge in [0.05, 0.1) is 6.54 Å². The highest BCUT2D eigenvalue weighted by Crippen LogP contribution is 2.17. The van der Waals surface area contributed by atoms with E-state index in [1.165, 1.54) is 12.1 Å². The van der Waals surface area contributed by atoms with E-state index in [0.29, 0.717) is 0 Å². The minimum atomic E-state index is -0.652. The predicted octanol–water partition coefficient (Wildman–Crippen LogP) is 2.78. The number of amides is 1. The lowest BCUT2D eigenvalue weighted by Crippen LogP contribution is -2.44. The maximum atomic E-state index is 13.0. The molecule has 1 aromatic rings. The summed E-state index contributed by atoms with van der Waals surface area (Å²) in [6.07, 6.45) is 3.18. The summed E-state index contributed by atoms with van der Waals surface area (Å²) in [5.74, 6) is -1.33. The number of carbonyl (C=O) groups excluding carboxylic acids is 1. The molecule has 1 aromatic carbocycles. The molecule has 1 N–H and O–H groups in total. The van der Waals surface area contributed by atoms with Crippen molar-refractivity contribution in [2.24, 2.45) is 0 Å². The quantitative estimate of drug-likeness (QED) is 0.914. The molecule has 3 nitrogen and oxygen atoms in total. The highest BCUT2D eigenvalue weighted by molar-refractivity contribution is 5.81. The zero-order chi connectivity index (χ0) is 13.8. The van der Waals surface area contributed by atoms with E-state index in [2.05, 4.69) is 5.32 Å². The number of halogens is 2. The largest absolute Gasteiger partial charge is 0.376 e. The molecule has 104 valence electrons. The molecule has 0 saturated carbocycles. The highest BCUT2D eigenvalue weighted by Gasteiger charge is 2.22. The van der Waals surface area contributed by atoms with Gasteiger partial charge in [-0.05, 0) is 38.3 Å². The van der Waals surface area contributed by atoms with E-state index < -0.39 is 11.6 Å². The van der Waals surface area contributed by atoms with Crippen molar-refractivity contribution in [1.29, 1.82) is 0 Å². The third-order valence-corrected chi connectivity index (χ3v) is 3.43. The molecule has 0 aliphatic carbocycles. The number of rotatable bonds is 3. The van der Waals surface area contributed by atoms with Crippen LogP contribution in [-0.2, 0) is 4.79 Å². The van der Waals surface area contributed by atoms with E-state index in [9.17, 15) is 13.6 Å². The monoisotopic (exact) mass is 268 g/mol. The molecule has 1 amide bonds. The van der Waals surface area contributed by atoms with Gasteiger partial charge in [-0.15, -0.1) is 0 Å². The van der Waals surface area contributed by atoms with Crippen LogP contribution in [0.4, 0.5) is 14.5 Å². The molecule has 1 aliphatic heterocycles. The summed E-state index contributed by atoms with van der Waals surface area (Å²) in [6.45, 7) is 2.85. The predicted molar refractivity (Wildman–Crippen MR) is 69.9 cm³/mol. The summed E-state index contributed by atoms with van der Waals surface area (Å²) in [5, 5.41) is 2.77. The van der Waals surface area contributed by atoms with Crippen LogP contribution in [0.1, 0.15) is 26.2 Å². The lowest BCUT2D eigenvalue weighted by molar-refractivity contribution is -0.132. The van der Waals surface area contributed by atoms with Crippen LogP contribution in [-0.4, -0.2) is 29.9 Å². The molecule has 1 aliphatic rings. The average Bonchev–Trinajstić information content (AvgIpc) is 2.35. The molecule has 0 aromatic heterocycles. The maximum absolute atomic E-state index is 13.0. The summed E-state index contributed by atoms with van der Waals surface area (Å²) in [6, 6.07) is 3.40. The Morgan fingerprint density at radius 1 is 1.32 bits per heavy atom. The Kier molecular flexibility index (Phi) is 4.35. The molecular weight excluding hydrogens is 250 g/mol. The summed E-state index contributed by atoms with van der Waals surface area (Å²) in [7, 11) is 0. The standard InChI is InChI=1S/C14H18F2N2O/c1-10-4-2-3-5-18(10)14(19)9-17-13-7-11(15)6-12(16)8-13/h6-8,10,17H,2-5,9H2,1H3. The van der Waals surface area contributed by atoms with Crippen molar-refractivity contribution in [3.8, 4) is 0 Å². The second-order valence-corrected chi connectivity index (χ2v) is 4.94. The highest BCUT2D eigenvalue weighted by atomic mass is 19.1. The molecule has 1 atom stereocenters. The molecule has 1 fully saturated rings. The molecule has 0 radical (unpaired) electrons. The van der Waals surface area contributed by atoms with Crippen molar-refractivity contribution >= 4 is 11.6 Å². The Hall–Kier alpha value is -1.65. The number of hydrogen-bond donors (Lipinski definition) is 1. The minimum absolute atomic E-state index is 0.0307. The summed E-state index contributed by atoms with van der Waals surface area (Å²) >= 11 is 0. The fourth-order valence-electron chi connectivity index (χ4n) is 2.40. The van der Waals surface area contributed by atoms with Gasteiger partial charge in [0.25, 0.3) is 0 Å². The van der Waals surface area contributed by atoms with E-state index in [1.54, 1.807) is 0 Å². The zero-order valence-corrected chi connectivity index (χ0v) is 11.0. The van der Waals surface area contributed by atoms with E-state index in [4.69, 9.17) is 0 Å². The second kappa shape index (κ2) is 5.99. The zero-order valence-electron chi connectivity index (χ0n) is 11.0. The van der Waals surface area contributed by atoms with Gasteiger partial charge in [-0.1, -0.05) is 0 Å². The molecule has 0 spiro atoms. The van der Waals surface area contributed by atoms with Crippen LogP contribution in [0.2, 0.25) is 0 Å². The molecule has 2 rings (SSSR count). The maximum Gasteiger partial charge on any atom is 0.242 e. The van der Waals surface area contributed by atoms with Crippen molar-refractivity contribution in [1.82, 2.24) is 4.90 Å². The normalized spacial score (nSPS) is 19.3. The molecular formula is C14H18F2N2O. The van der Waals surface area contributed by atoms with E-state index in [-0.39, 0.29) is 24.2 Å². The van der Waals surface area contributed by atoms with Gasteiger partial charge >= 0.3 is 0 Å². The van der Waals surface area contributed by atoms with Crippen molar-refractivity contribution < 1.29 is 13.6 Å². The SMILES string of the molecule is CC1CCCCN1C(=O)CNc1cc(F)cc(F)c1. The van der Waals surface area contributed by atoms with Gasteiger partial charge in [0.2, 0.25) is 5.91 Å². The Bertz CT molecular complexity index is 445. The number of piperidine rings is 1. The molecule has 1 heterocycles. The van der Waals surface area contributed by atoms with Crippen LogP contribution in [0.25, 0.3) is 0 Å². The van der Waals surface area contributed by atoms with Gasteiger partial charge in [-0.3, -0.25) is 4.79 Å². The Morgan fingerprint density at radius 2 is 2.00 bits per heavy atom. The van der Waals surface area contributed by atoms with Crippen LogP contribution in [0.5, 0.6) is 0 Å². The van der Waals surface area contributed by atoms with Crippen LogP contribution < -0.4 is 5.32 Å². The number of nitrogens with one attached hydrogen (secondary N) is 1. The van der Waals surface area contributed by atoms with Crippen LogP contribution in [0.3, 0.4) is 0 Å². The summed E-state index contributed by atoms with van der Waals surface area (Å²) in [4.78, 5) is 13.9. The first-order valence-corrected chi connectivity index (χ1v) is 6.55. The van der Waals surface area contributed by atoms with Gasteiger partial charge in [-0.2, -0.15) is 0 Å². The number of anilines is 1. The fourth-order valence-corrected chi connectivity index (χ4v) is 2.40.